The summed E-state index contributed by atoms with van der Waals surface area (Å²) >= 11 is 0. The molecule has 1 aliphatic heterocycles. The molecule has 1 saturated heterocycles. The largest absolute Gasteiger partial charge is 0.471 e. The molecule has 3 aromatic heterocycles. The zero-order chi connectivity index (χ0) is 18.9. The molecule has 140 valence electrons. The van der Waals surface area contributed by atoms with Crippen LogP contribution in [0.15, 0.2) is 54.2 Å². The minimum Gasteiger partial charge on any atom is -0.471 e. The van der Waals surface area contributed by atoms with Crippen LogP contribution in [0.4, 0.5) is 0 Å². The summed E-state index contributed by atoms with van der Waals surface area (Å²) in [5, 5.41) is 3.94. The number of aryl methyl sites for hydroxylation is 1. The molecule has 0 aromatic carbocycles. The second-order valence-electron chi connectivity index (χ2n) is 6.19. The normalized spacial score (nSPS) is 17.9. The maximum absolute atomic E-state index is 12.7. The van der Waals surface area contributed by atoms with Crippen LogP contribution in [0.5, 0.6) is 5.88 Å². The molecule has 4 rings (SSSR count). The third-order valence-electron chi connectivity index (χ3n) is 4.32. The zero-order valence-corrected chi connectivity index (χ0v) is 15.5. The van der Waals surface area contributed by atoms with Crippen LogP contribution >= 0.6 is 0 Å². The van der Waals surface area contributed by atoms with Crippen molar-refractivity contribution in [3.63, 3.8) is 0 Å². The first kappa shape index (κ1) is 17.6. The quantitative estimate of drug-likeness (QED) is 0.647. The Morgan fingerprint density at radius 1 is 1.15 bits per heavy atom. The summed E-state index contributed by atoms with van der Waals surface area (Å²) in [4.78, 5) is 12.8. The van der Waals surface area contributed by atoms with Crippen molar-refractivity contribution in [3.8, 4) is 17.1 Å². The molecule has 0 aliphatic carbocycles. The number of hydrogen-bond donors (Lipinski definition) is 0. The smallest absolute Gasteiger partial charge is 0.246 e. The van der Waals surface area contributed by atoms with Crippen molar-refractivity contribution in [2.24, 2.45) is 7.05 Å². The number of pyridine rings is 1. The van der Waals surface area contributed by atoms with Gasteiger partial charge < -0.3 is 4.74 Å². The van der Waals surface area contributed by atoms with Gasteiger partial charge in [-0.15, -0.1) is 0 Å². The van der Waals surface area contributed by atoms with E-state index >= 15 is 0 Å². The predicted octanol–water partition coefficient (Wildman–Crippen LogP) is 1.11. The van der Waals surface area contributed by atoms with Gasteiger partial charge in [-0.3, -0.25) is 9.67 Å². The fourth-order valence-corrected chi connectivity index (χ4v) is 4.44. The molecule has 9 nitrogen and oxygen atoms in total. The number of ether oxygens (including phenoxy) is 1. The SMILES string of the molecule is Cn1cc(S(=O)(=O)N2CCC(Oc3nccnc3-c3ccncc3)C2)cn1. The summed E-state index contributed by atoms with van der Waals surface area (Å²) in [7, 11) is -1.90. The summed E-state index contributed by atoms with van der Waals surface area (Å²) < 4.78 is 34.3. The van der Waals surface area contributed by atoms with Crippen molar-refractivity contribution in [1.29, 1.82) is 0 Å². The Labute approximate surface area is 156 Å². The fraction of sp³-hybridized carbons (Fsp3) is 0.294. The molecule has 0 amide bonds. The first-order valence-corrected chi connectivity index (χ1v) is 9.85. The fourth-order valence-electron chi connectivity index (χ4n) is 2.97. The van der Waals surface area contributed by atoms with Gasteiger partial charge in [0, 0.05) is 50.1 Å². The van der Waals surface area contributed by atoms with E-state index in [1.807, 2.05) is 12.1 Å². The third-order valence-corrected chi connectivity index (χ3v) is 6.14. The molecule has 0 N–H and O–H groups in total. The summed E-state index contributed by atoms with van der Waals surface area (Å²) in [5.74, 6) is 0.384. The highest BCUT2D eigenvalue weighted by Gasteiger charge is 2.35. The molecule has 0 bridgehead atoms. The Morgan fingerprint density at radius 3 is 2.67 bits per heavy atom. The lowest BCUT2D eigenvalue weighted by Crippen LogP contribution is -2.31. The van der Waals surface area contributed by atoms with Crippen LogP contribution in [0.2, 0.25) is 0 Å². The Hall–Kier alpha value is -2.85. The van der Waals surface area contributed by atoms with Gasteiger partial charge in [-0.05, 0) is 18.6 Å². The Kier molecular flexibility index (Phi) is 4.58. The van der Waals surface area contributed by atoms with Crippen molar-refractivity contribution in [1.82, 2.24) is 29.0 Å². The van der Waals surface area contributed by atoms with Crippen LogP contribution in [0.3, 0.4) is 0 Å². The molecule has 0 spiro atoms. The molecule has 1 atom stereocenters. The van der Waals surface area contributed by atoms with Crippen molar-refractivity contribution in [2.75, 3.05) is 13.1 Å². The molecule has 3 aromatic rings. The van der Waals surface area contributed by atoms with E-state index in [1.54, 1.807) is 31.8 Å². The molecule has 1 aliphatic rings. The van der Waals surface area contributed by atoms with Gasteiger partial charge in [-0.1, -0.05) is 0 Å². The van der Waals surface area contributed by atoms with E-state index in [1.165, 1.54) is 21.4 Å². The summed E-state index contributed by atoms with van der Waals surface area (Å²) in [5.41, 5.74) is 1.44. The van der Waals surface area contributed by atoms with E-state index in [4.69, 9.17) is 4.74 Å². The lowest BCUT2D eigenvalue weighted by atomic mass is 10.2. The number of hydrogen-bond acceptors (Lipinski definition) is 7. The second kappa shape index (κ2) is 7.05. The van der Waals surface area contributed by atoms with Crippen molar-refractivity contribution in [2.45, 2.75) is 17.4 Å². The van der Waals surface area contributed by atoms with Gasteiger partial charge in [0.2, 0.25) is 15.9 Å². The molecule has 4 heterocycles. The summed E-state index contributed by atoms with van der Waals surface area (Å²) in [6.45, 7) is 0.635. The Balaban J connectivity index is 1.52. The minimum atomic E-state index is -3.58. The van der Waals surface area contributed by atoms with Crippen LogP contribution in [0.25, 0.3) is 11.3 Å². The Morgan fingerprint density at radius 2 is 1.93 bits per heavy atom. The van der Waals surface area contributed by atoms with Crippen LogP contribution in [0.1, 0.15) is 6.42 Å². The monoisotopic (exact) mass is 386 g/mol. The van der Waals surface area contributed by atoms with E-state index in [2.05, 4.69) is 20.1 Å². The van der Waals surface area contributed by atoms with Gasteiger partial charge in [0.05, 0.1) is 12.7 Å². The second-order valence-corrected chi connectivity index (χ2v) is 8.13. The molecule has 10 heteroatoms. The highest BCUT2D eigenvalue weighted by atomic mass is 32.2. The van der Waals surface area contributed by atoms with Gasteiger partial charge in [0.25, 0.3) is 0 Å². The molecular formula is C17H18N6O3S. The van der Waals surface area contributed by atoms with Crippen molar-refractivity contribution < 1.29 is 13.2 Å². The minimum absolute atomic E-state index is 0.183. The molecule has 1 unspecified atom stereocenters. The lowest BCUT2D eigenvalue weighted by Gasteiger charge is -2.17. The van der Waals surface area contributed by atoms with E-state index < -0.39 is 10.0 Å². The lowest BCUT2D eigenvalue weighted by molar-refractivity contribution is 0.207. The highest BCUT2D eigenvalue weighted by molar-refractivity contribution is 7.89. The van der Waals surface area contributed by atoms with Crippen molar-refractivity contribution in [3.05, 3.63) is 49.3 Å². The van der Waals surface area contributed by atoms with Gasteiger partial charge in [0.15, 0.2) is 0 Å². The third kappa shape index (κ3) is 3.53. The number of sulfonamides is 1. The highest BCUT2D eigenvalue weighted by Crippen LogP contribution is 2.28. The van der Waals surface area contributed by atoms with E-state index in [9.17, 15) is 8.42 Å². The molecule has 1 fully saturated rings. The summed E-state index contributed by atoms with van der Waals surface area (Å²) in [6.07, 6.45) is 9.62. The average molecular weight is 386 g/mol. The van der Waals surface area contributed by atoms with Gasteiger partial charge in [-0.25, -0.2) is 18.4 Å². The first-order valence-electron chi connectivity index (χ1n) is 8.41. The standard InChI is InChI=1S/C17H18N6O3S/c1-22-12-15(10-21-22)27(24,25)23-9-4-14(11-23)26-17-16(19-7-8-20-17)13-2-5-18-6-3-13/h2-3,5-8,10,12,14H,4,9,11H2,1H3. The van der Waals surface area contributed by atoms with Gasteiger partial charge in [0.1, 0.15) is 16.7 Å². The number of rotatable bonds is 5. The molecule has 0 radical (unpaired) electrons. The number of nitrogens with zero attached hydrogens (tertiary/aromatic N) is 6. The van der Waals surface area contributed by atoms with E-state index in [-0.39, 0.29) is 17.5 Å². The number of aromatic nitrogens is 5. The van der Waals surface area contributed by atoms with E-state index in [0.29, 0.717) is 24.5 Å². The maximum atomic E-state index is 12.7. The van der Waals surface area contributed by atoms with Crippen LogP contribution in [0, 0.1) is 0 Å². The summed E-state index contributed by atoms with van der Waals surface area (Å²) in [6, 6.07) is 3.65. The zero-order valence-electron chi connectivity index (χ0n) is 14.6. The van der Waals surface area contributed by atoms with Crippen LogP contribution in [-0.2, 0) is 17.1 Å². The van der Waals surface area contributed by atoms with Crippen LogP contribution in [-0.4, -0.2) is 56.6 Å². The molecular weight excluding hydrogens is 368 g/mol. The first-order chi connectivity index (χ1) is 13.0. The Bertz CT molecular complexity index is 1040. The predicted molar refractivity (Wildman–Crippen MR) is 96.3 cm³/mol. The van der Waals surface area contributed by atoms with Crippen LogP contribution < -0.4 is 4.74 Å². The average Bonchev–Trinajstić information content (AvgIpc) is 3.33. The maximum Gasteiger partial charge on any atom is 0.246 e. The molecule has 0 saturated carbocycles. The van der Waals surface area contributed by atoms with Gasteiger partial charge >= 0.3 is 0 Å². The molecule has 27 heavy (non-hydrogen) atoms. The van der Waals surface area contributed by atoms with Crippen molar-refractivity contribution >= 4 is 10.0 Å². The topological polar surface area (TPSA) is 103 Å². The van der Waals surface area contributed by atoms with E-state index in [0.717, 1.165) is 5.56 Å². The van der Waals surface area contributed by atoms with Gasteiger partial charge in [-0.2, -0.15) is 9.40 Å².